The molecule has 0 aromatic rings. The summed E-state index contributed by atoms with van der Waals surface area (Å²) in [4.78, 5) is 0. The molecule has 0 aliphatic heterocycles. The van der Waals surface area contributed by atoms with Gasteiger partial charge in [-0.1, -0.05) is 26.8 Å². The van der Waals surface area contributed by atoms with Crippen molar-refractivity contribution in [3.63, 3.8) is 0 Å². The Kier molecular flexibility index (Phi) is 2.02. The molecule has 3 unspecified atom stereocenters. The van der Waals surface area contributed by atoms with Gasteiger partial charge in [0.15, 0.2) is 0 Å². The van der Waals surface area contributed by atoms with Gasteiger partial charge in [-0.15, -0.1) is 5.76 Å². The van der Waals surface area contributed by atoms with E-state index in [1.54, 1.807) is 0 Å². The first-order chi connectivity index (χ1) is 4.61. The molecule has 0 bridgehead atoms. The van der Waals surface area contributed by atoms with Crippen molar-refractivity contribution in [3.05, 3.63) is 11.8 Å². The van der Waals surface area contributed by atoms with Gasteiger partial charge < -0.3 is 5.11 Å². The molecule has 0 saturated carbocycles. The predicted molar refractivity (Wildman–Crippen MR) is 40.2 cm³/mol. The highest BCUT2D eigenvalue weighted by atomic mass is 16.3. The second-order valence-electron chi connectivity index (χ2n) is 3.55. The van der Waals surface area contributed by atoms with Gasteiger partial charge in [-0.2, -0.15) is 0 Å². The molecular weight excluding hydrogens is 124 g/mol. The van der Waals surface area contributed by atoms with Gasteiger partial charge in [0.05, 0.1) is 0 Å². The van der Waals surface area contributed by atoms with Crippen molar-refractivity contribution in [3.8, 4) is 0 Å². The van der Waals surface area contributed by atoms with E-state index in [0.717, 1.165) is 0 Å². The van der Waals surface area contributed by atoms with Crippen molar-refractivity contribution in [2.75, 3.05) is 0 Å². The van der Waals surface area contributed by atoms with E-state index in [4.69, 9.17) is 0 Å². The normalized spacial score (nSPS) is 41.1. The number of hydrogen-bond acceptors (Lipinski definition) is 1. The van der Waals surface area contributed by atoms with Gasteiger partial charge in [0, 0.05) is 0 Å². The zero-order chi connectivity index (χ0) is 7.72. The van der Waals surface area contributed by atoms with Crippen LogP contribution in [0.25, 0.3) is 0 Å². The molecule has 1 nitrogen and oxygen atoms in total. The van der Waals surface area contributed by atoms with Gasteiger partial charge in [0.25, 0.3) is 0 Å². The monoisotopic (exact) mass is 139 g/mol. The fourth-order valence-electron chi connectivity index (χ4n) is 1.57. The Balaban J connectivity index is 2.71. The third-order valence-electron chi connectivity index (χ3n) is 2.49. The fraction of sp³-hybridized carbons (Fsp3) is 0.778. The Hall–Kier alpha value is -0.460. The van der Waals surface area contributed by atoms with E-state index in [1.165, 1.54) is 6.42 Å². The SMILES string of the molecule is CC1C=C([O-])C(C)C(C)C1. The molecule has 58 valence electrons. The molecule has 3 atom stereocenters. The van der Waals surface area contributed by atoms with Crippen LogP contribution in [0.15, 0.2) is 11.8 Å². The van der Waals surface area contributed by atoms with Crippen LogP contribution in [0, 0.1) is 17.8 Å². The fourth-order valence-corrected chi connectivity index (χ4v) is 1.57. The van der Waals surface area contributed by atoms with Crippen molar-refractivity contribution < 1.29 is 5.11 Å². The van der Waals surface area contributed by atoms with Gasteiger partial charge in [-0.25, -0.2) is 0 Å². The van der Waals surface area contributed by atoms with Crippen molar-refractivity contribution in [2.45, 2.75) is 27.2 Å². The highest BCUT2D eigenvalue weighted by Gasteiger charge is 2.18. The molecule has 0 fully saturated rings. The predicted octanol–water partition coefficient (Wildman–Crippen LogP) is 1.54. The van der Waals surface area contributed by atoms with Crippen molar-refractivity contribution in [2.24, 2.45) is 17.8 Å². The van der Waals surface area contributed by atoms with Gasteiger partial charge >= 0.3 is 0 Å². The average molecular weight is 139 g/mol. The van der Waals surface area contributed by atoms with Gasteiger partial charge in [-0.05, 0) is 24.2 Å². The summed E-state index contributed by atoms with van der Waals surface area (Å²) in [7, 11) is 0. The Bertz CT molecular complexity index is 149. The molecule has 0 spiro atoms. The molecule has 0 heterocycles. The van der Waals surface area contributed by atoms with Crippen LogP contribution < -0.4 is 5.11 Å². The third kappa shape index (κ3) is 1.34. The molecule has 1 aliphatic carbocycles. The summed E-state index contributed by atoms with van der Waals surface area (Å²) in [6.45, 7) is 6.29. The van der Waals surface area contributed by atoms with Crippen LogP contribution in [-0.2, 0) is 0 Å². The van der Waals surface area contributed by atoms with Crippen molar-refractivity contribution in [1.29, 1.82) is 0 Å². The number of rotatable bonds is 0. The summed E-state index contributed by atoms with van der Waals surface area (Å²) in [5.74, 6) is 1.67. The summed E-state index contributed by atoms with van der Waals surface area (Å²) in [6, 6.07) is 0. The lowest BCUT2D eigenvalue weighted by Gasteiger charge is -2.33. The highest BCUT2D eigenvalue weighted by molar-refractivity contribution is 5.02. The summed E-state index contributed by atoms with van der Waals surface area (Å²) >= 11 is 0. The van der Waals surface area contributed by atoms with Crippen LogP contribution in [0.3, 0.4) is 0 Å². The van der Waals surface area contributed by atoms with Gasteiger partial charge in [0.1, 0.15) is 0 Å². The lowest BCUT2D eigenvalue weighted by atomic mass is 9.81. The van der Waals surface area contributed by atoms with E-state index >= 15 is 0 Å². The van der Waals surface area contributed by atoms with E-state index in [0.29, 0.717) is 17.6 Å². The van der Waals surface area contributed by atoms with E-state index < -0.39 is 0 Å². The topological polar surface area (TPSA) is 23.1 Å². The quantitative estimate of drug-likeness (QED) is 0.499. The van der Waals surface area contributed by atoms with Crippen LogP contribution in [0.1, 0.15) is 27.2 Å². The molecule has 0 N–H and O–H groups in total. The summed E-state index contributed by atoms with van der Waals surface area (Å²) in [5.41, 5.74) is 0. The van der Waals surface area contributed by atoms with Crippen LogP contribution in [-0.4, -0.2) is 0 Å². The lowest BCUT2D eigenvalue weighted by molar-refractivity contribution is -0.319. The molecule has 1 heteroatoms. The minimum atomic E-state index is 0.260. The summed E-state index contributed by atoms with van der Waals surface area (Å²) in [6.07, 6.45) is 3.04. The first-order valence-electron chi connectivity index (χ1n) is 4.00. The van der Waals surface area contributed by atoms with E-state index in [1.807, 2.05) is 13.0 Å². The molecule has 10 heavy (non-hydrogen) atoms. The molecule has 0 amide bonds. The first-order valence-corrected chi connectivity index (χ1v) is 4.00. The Morgan fingerprint density at radius 3 is 2.50 bits per heavy atom. The second kappa shape index (κ2) is 2.65. The van der Waals surface area contributed by atoms with Gasteiger partial charge in [0.2, 0.25) is 0 Å². The van der Waals surface area contributed by atoms with Crippen LogP contribution in [0.5, 0.6) is 0 Å². The molecule has 0 aromatic carbocycles. The van der Waals surface area contributed by atoms with Crippen LogP contribution >= 0.6 is 0 Å². The maximum atomic E-state index is 11.2. The van der Waals surface area contributed by atoms with Crippen LogP contribution in [0.4, 0.5) is 0 Å². The minimum absolute atomic E-state index is 0.260. The minimum Gasteiger partial charge on any atom is -0.875 e. The Morgan fingerprint density at radius 1 is 1.40 bits per heavy atom. The molecule has 0 radical (unpaired) electrons. The maximum Gasteiger partial charge on any atom is -0.0265 e. The highest BCUT2D eigenvalue weighted by Crippen LogP contribution is 2.29. The zero-order valence-electron chi connectivity index (χ0n) is 6.92. The summed E-state index contributed by atoms with van der Waals surface area (Å²) < 4.78 is 0. The standard InChI is InChI=1S/C9H16O/c1-6-4-7(2)8(3)9(10)5-6/h5-8,10H,4H2,1-3H3/p-1. The van der Waals surface area contributed by atoms with Crippen molar-refractivity contribution in [1.82, 2.24) is 0 Å². The number of hydrogen-bond donors (Lipinski definition) is 0. The maximum absolute atomic E-state index is 11.2. The smallest absolute Gasteiger partial charge is 0.0265 e. The molecule has 1 aliphatic rings. The molecule has 0 saturated heterocycles. The second-order valence-corrected chi connectivity index (χ2v) is 3.55. The van der Waals surface area contributed by atoms with E-state index in [9.17, 15) is 5.11 Å². The third-order valence-corrected chi connectivity index (χ3v) is 2.49. The number of allylic oxidation sites excluding steroid dienone is 2. The van der Waals surface area contributed by atoms with E-state index in [-0.39, 0.29) is 5.92 Å². The van der Waals surface area contributed by atoms with Crippen LogP contribution in [0.2, 0.25) is 0 Å². The summed E-state index contributed by atoms with van der Waals surface area (Å²) in [5, 5.41) is 11.2. The first kappa shape index (κ1) is 7.64. The Morgan fingerprint density at radius 2 is 2.00 bits per heavy atom. The van der Waals surface area contributed by atoms with E-state index in [2.05, 4.69) is 13.8 Å². The molecule has 1 rings (SSSR count). The van der Waals surface area contributed by atoms with Gasteiger partial charge in [-0.3, -0.25) is 0 Å². The molecule has 0 aromatic heterocycles. The Labute approximate surface area is 62.8 Å². The average Bonchev–Trinajstić information content (AvgIpc) is 1.82. The zero-order valence-corrected chi connectivity index (χ0v) is 6.92. The molecular formula is C9H15O-. The lowest BCUT2D eigenvalue weighted by Crippen LogP contribution is -2.25. The van der Waals surface area contributed by atoms with Crippen molar-refractivity contribution >= 4 is 0 Å². The largest absolute Gasteiger partial charge is 0.875 e.